The van der Waals surface area contributed by atoms with Gasteiger partial charge in [-0.25, -0.2) is 0 Å². The first-order valence-electron chi connectivity index (χ1n) is 4.36. The van der Waals surface area contributed by atoms with Crippen LogP contribution in [0.1, 0.15) is 40.0 Å². The van der Waals surface area contributed by atoms with Gasteiger partial charge >= 0.3 is 5.97 Å². The number of esters is 1. The van der Waals surface area contributed by atoms with Crippen molar-refractivity contribution < 1.29 is 9.53 Å². The van der Waals surface area contributed by atoms with Gasteiger partial charge in [-0.15, -0.1) is 0 Å². The fourth-order valence-corrected chi connectivity index (χ4v) is 1.10. The second-order valence-corrected chi connectivity index (χ2v) is 2.90. The van der Waals surface area contributed by atoms with Gasteiger partial charge < -0.3 is 4.74 Å². The van der Waals surface area contributed by atoms with E-state index in [2.05, 4.69) is 13.8 Å². The largest absolute Gasteiger partial charge is 0.466 e. The molecule has 0 aromatic carbocycles. The van der Waals surface area contributed by atoms with Crippen molar-refractivity contribution in [3.8, 4) is 0 Å². The number of carbonyl (C=O) groups excluding carboxylic acids is 1. The highest BCUT2D eigenvalue weighted by atomic mass is 16.5. The maximum atomic E-state index is 10.9. The monoisotopic (exact) mass is 158 g/mol. The average Bonchev–Trinajstić information content (AvgIpc) is 1.87. The van der Waals surface area contributed by atoms with E-state index >= 15 is 0 Å². The highest BCUT2D eigenvalue weighted by molar-refractivity contribution is 5.69. The quantitative estimate of drug-likeness (QED) is 0.574. The summed E-state index contributed by atoms with van der Waals surface area (Å²) in [4.78, 5) is 10.9. The summed E-state index contributed by atoms with van der Waals surface area (Å²) in [6.45, 7) is 6.54. The molecule has 0 aliphatic carbocycles. The molecule has 1 atom stereocenters. The van der Waals surface area contributed by atoms with Crippen molar-refractivity contribution in [3.63, 3.8) is 0 Å². The lowest BCUT2D eigenvalue weighted by Gasteiger charge is -2.07. The summed E-state index contributed by atoms with van der Waals surface area (Å²) in [7, 11) is 0. The first-order valence-corrected chi connectivity index (χ1v) is 4.36. The van der Waals surface area contributed by atoms with Crippen LogP contribution in [0, 0.1) is 5.92 Å². The lowest BCUT2D eigenvalue weighted by molar-refractivity contribution is -0.144. The Kier molecular flexibility index (Phi) is 5.90. The number of ether oxygens (including phenoxy) is 1. The summed E-state index contributed by atoms with van der Waals surface area (Å²) in [6, 6.07) is 0. The van der Waals surface area contributed by atoms with Crippen LogP contribution < -0.4 is 0 Å². The van der Waals surface area contributed by atoms with Crippen molar-refractivity contribution in [1.82, 2.24) is 0 Å². The zero-order valence-corrected chi connectivity index (χ0v) is 7.72. The predicted octanol–water partition coefficient (Wildman–Crippen LogP) is 2.38. The Hall–Kier alpha value is -0.530. The molecule has 0 N–H and O–H groups in total. The summed E-state index contributed by atoms with van der Waals surface area (Å²) in [5.74, 6) is 0.410. The minimum Gasteiger partial charge on any atom is -0.466 e. The van der Waals surface area contributed by atoms with Crippen LogP contribution in [-0.4, -0.2) is 12.6 Å². The number of hydrogen-bond donors (Lipinski definition) is 0. The minimum absolute atomic E-state index is 0.0616. The van der Waals surface area contributed by atoms with E-state index in [1.165, 1.54) is 0 Å². The molecular weight excluding hydrogens is 140 g/mol. The van der Waals surface area contributed by atoms with E-state index < -0.39 is 0 Å². The molecule has 0 rings (SSSR count). The Morgan fingerprint density at radius 3 is 2.55 bits per heavy atom. The normalized spacial score (nSPS) is 12.6. The first kappa shape index (κ1) is 10.5. The third kappa shape index (κ3) is 5.89. The zero-order chi connectivity index (χ0) is 8.69. The summed E-state index contributed by atoms with van der Waals surface area (Å²) in [5, 5.41) is 0. The molecule has 2 heteroatoms. The topological polar surface area (TPSA) is 26.3 Å². The van der Waals surface area contributed by atoms with Gasteiger partial charge in [0.2, 0.25) is 0 Å². The van der Waals surface area contributed by atoms with Crippen LogP contribution in [0.25, 0.3) is 0 Å². The SMILES string of the molecule is CCC[C@H](C)CC(=O)OCC. The van der Waals surface area contributed by atoms with E-state index in [4.69, 9.17) is 4.74 Å². The summed E-state index contributed by atoms with van der Waals surface area (Å²) < 4.78 is 4.82. The Balaban J connectivity index is 3.40. The third-order valence-electron chi connectivity index (χ3n) is 1.60. The standard InChI is InChI=1S/C9H18O2/c1-4-6-8(3)7-9(10)11-5-2/h8H,4-7H2,1-3H3/t8-/m0/s1. The van der Waals surface area contributed by atoms with Crippen molar-refractivity contribution >= 4 is 5.97 Å². The molecule has 11 heavy (non-hydrogen) atoms. The Labute approximate surface area is 68.9 Å². The molecule has 0 aliphatic rings. The molecule has 0 fully saturated rings. The van der Waals surface area contributed by atoms with E-state index in [9.17, 15) is 4.79 Å². The molecule has 0 aliphatic heterocycles. The van der Waals surface area contributed by atoms with E-state index in [0.717, 1.165) is 12.8 Å². The highest BCUT2D eigenvalue weighted by Crippen LogP contribution is 2.10. The number of carbonyl (C=O) groups is 1. The number of hydrogen-bond acceptors (Lipinski definition) is 2. The van der Waals surface area contributed by atoms with E-state index in [-0.39, 0.29) is 5.97 Å². The van der Waals surface area contributed by atoms with Gasteiger partial charge in [-0.05, 0) is 12.8 Å². The fourth-order valence-electron chi connectivity index (χ4n) is 1.10. The molecular formula is C9H18O2. The van der Waals surface area contributed by atoms with Crippen molar-refractivity contribution in [2.75, 3.05) is 6.61 Å². The lowest BCUT2D eigenvalue weighted by atomic mass is 10.0. The second kappa shape index (κ2) is 6.20. The van der Waals surface area contributed by atoms with Gasteiger partial charge in [0, 0.05) is 6.42 Å². The van der Waals surface area contributed by atoms with Crippen LogP contribution in [0.5, 0.6) is 0 Å². The summed E-state index contributed by atoms with van der Waals surface area (Å²) in [5.41, 5.74) is 0. The molecule has 66 valence electrons. The van der Waals surface area contributed by atoms with Crippen LogP contribution >= 0.6 is 0 Å². The van der Waals surface area contributed by atoms with Crippen LogP contribution in [0.4, 0.5) is 0 Å². The molecule has 0 amide bonds. The maximum Gasteiger partial charge on any atom is 0.306 e. The predicted molar refractivity (Wildman–Crippen MR) is 45.3 cm³/mol. The Morgan fingerprint density at radius 2 is 2.09 bits per heavy atom. The second-order valence-electron chi connectivity index (χ2n) is 2.90. The van der Waals surface area contributed by atoms with Gasteiger partial charge in [0.25, 0.3) is 0 Å². The van der Waals surface area contributed by atoms with Crippen molar-refractivity contribution in [2.24, 2.45) is 5.92 Å². The molecule has 0 saturated carbocycles. The smallest absolute Gasteiger partial charge is 0.306 e. The molecule has 0 aromatic rings. The van der Waals surface area contributed by atoms with Crippen LogP contribution in [0.3, 0.4) is 0 Å². The molecule has 0 aromatic heterocycles. The average molecular weight is 158 g/mol. The third-order valence-corrected chi connectivity index (χ3v) is 1.60. The summed E-state index contributed by atoms with van der Waals surface area (Å²) >= 11 is 0. The Bertz CT molecular complexity index is 110. The minimum atomic E-state index is -0.0616. The van der Waals surface area contributed by atoms with Crippen molar-refractivity contribution in [3.05, 3.63) is 0 Å². The van der Waals surface area contributed by atoms with E-state index in [0.29, 0.717) is 18.9 Å². The van der Waals surface area contributed by atoms with Gasteiger partial charge in [0.05, 0.1) is 6.61 Å². The molecule has 0 bridgehead atoms. The maximum absolute atomic E-state index is 10.9. The highest BCUT2D eigenvalue weighted by Gasteiger charge is 2.07. The molecule has 2 nitrogen and oxygen atoms in total. The van der Waals surface area contributed by atoms with E-state index in [1.54, 1.807) is 0 Å². The molecule has 0 spiro atoms. The lowest BCUT2D eigenvalue weighted by Crippen LogP contribution is -2.08. The fraction of sp³-hybridized carbons (Fsp3) is 0.889. The van der Waals surface area contributed by atoms with Gasteiger partial charge in [-0.3, -0.25) is 4.79 Å². The molecule has 0 saturated heterocycles. The van der Waals surface area contributed by atoms with Gasteiger partial charge in [-0.2, -0.15) is 0 Å². The molecule has 0 heterocycles. The van der Waals surface area contributed by atoms with Crippen LogP contribution in [0.2, 0.25) is 0 Å². The van der Waals surface area contributed by atoms with E-state index in [1.807, 2.05) is 6.92 Å². The molecule has 0 unspecified atom stereocenters. The van der Waals surface area contributed by atoms with Crippen LogP contribution in [0.15, 0.2) is 0 Å². The Morgan fingerprint density at radius 1 is 1.45 bits per heavy atom. The van der Waals surface area contributed by atoms with Gasteiger partial charge in [0.15, 0.2) is 0 Å². The first-order chi connectivity index (χ1) is 5.20. The van der Waals surface area contributed by atoms with Crippen molar-refractivity contribution in [1.29, 1.82) is 0 Å². The van der Waals surface area contributed by atoms with Gasteiger partial charge in [-0.1, -0.05) is 26.7 Å². The number of rotatable bonds is 5. The van der Waals surface area contributed by atoms with Crippen LogP contribution in [-0.2, 0) is 9.53 Å². The summed E-state index contributed by atoms with van der Waals surface area (Å²) in [6.07, 6.45) is 2.82. The van der Waals surface area contributed by atoms with Gasteiger partial charge in [0.1, 0.15) is 0 Å². The molecule has 0 radical (unpaired) electrons. The zero-order valence-electron chi connectivity index (χ0n) is 7.72. The van der Waals surface area contributed by atoms with Crippen molar-refractivity contribution in [2.45, 2.75) is 40.0 Å².